The van der Waals surface area contributed by atoms with Crippen LogP contribution in [0.25, 0.3) is 11.4 Å². The summed E-state index contributed by atoms with van der Waals surface area (Å²) in [4.78, 5) is 10.6. The molecule has 1 heterocycles. The number of hydrogen-bond donors (Lipinski definition) is 1. The summed E-state index contributed by atoms with van der Waals surface area (Å²) in [6, 6.07) is 7.78. The van der Waals surface area contributed by atoms with Crippen LogP contribution in [0.4, 0.5) is 0 Å². The highest BCUT2D eigenvalue weighted by Crippen LogP contribution is 2.24. The van der Waals surface area contributed by atoms with Crippen molar-refractivity contribution in [1.29, 1.82) is 0 Å². The van der Waals surface area contributed by atoms with Gasteiger partial charge >= 0.3 is 5.97 Å². The maximum absolute atomic E-state index is 10.6. The molecule has 1 N–H and O–H groups in total. The lowest BCUT2D eigenvalue weighted by molar-refractivity contribution is -0.133. The molecule has 0 aliphatic heterocycles. The Bertz CT molecular complexity index is 583. The number of benzene rings is 1. The van der Waals surface area contributed by atoms with Crippen molar-refractivity contribution >= 4 is 33.7 Å². The molecule has 2 aromatic rings. The van der Waals surface area contributed by atoms with Crippen LogP contribution in [-0.2, 0) is 11.3 Å². The molecule has 0 atom stereocenters. The molecular weight excluding hydrogens is 330 g/mol. The fourth-order valence-corrected chi connectivity index (χ4v) is 2.61. The van der Waals surface area contributed by atoms with Crippen molar-refractivity contribution in [3.05, 3.63) is 28.7 Å². The average molecular weight is 342 g/mol. The molecule has 0 radical (unpaired) electrons. The lowest BCUT2D eigenvalue weighted by Gasteiger charge is -2.06. The Hall–Kier alpha value is -1.34. The first kappa shape index (κ1) is 14.1. The van der Waals surface area contributed by atoms with E-state index in [-0.39, 0.29) is 5.75 Å². The highest BCUT2D eigenvalue weighted by atomic mass is 79.9. The van der Waals surface area contributed by atoms with E-state index in [1.807, 2.05) is 35.8 Å². The van der Waals surface area contributed by atoms with Crippen LogP contribution in [0, 0.1) is 0 Å². The van der Waals surface area contributed by atoms with Crippen LogP contribution in [0.2, 0.25) is 0 Å². The van der Waals surface area contributed by atoms with Gasteiger partial charge in [-0.05, 0) is 19.1 Å². The molecule has 0 bridgehead atoms. The van der Waals surface area contributed by atoms with Crippen LogP contribution in [0.15, 0.2) is 33.9 Å². The Morgan fingerprint density at radius 1 is 1.37 bits per heavy atom. The van der Waals surface area contributed by atoms with E-state index >= 15 is 0 Å². The number of hydrogen-bond acceptors (Lipinski definition) is 4. The molecule has 19 heavy (non-hydrogen) atoms. The van der Waals surface area contributed by atoms with Gasteiger partial charge in [-0.1, -0.05) is 39.8 Å². The highest BCUT2D eigenvalue weighted by Gasteiger charge is 2.13. The Morgan fingerprint density at radius 3 is 2.63 bits per heavy atom. The minimum Gasteiger partial charge on any atom is -0.481 e. The molecule has 7 heteroatoms. The van der Waals surface area contributed by atoms with E-state index < -0.39 is 5.97 Å². The lowest BCUT2D eigenvalue weighted by Crippen LogP contribution is -2.03. The Kier molecular flexibility index (Phi) is 4.60. The van der Waals surface area contributed by atoms with Gasteiger partial charge in [-0.3, -0.25) is 4.79 Å². The number of carboxylic acid groups (broad SMARTS) is 1. The normalized spacial score (nSPS) is 10.6. The van der Waals surface area contributed by atoms with Gasteiger partial charge in [0.05, 0.1) is 5.75 Å². The number of aromatic nitrogens is 3. The second-order valence-corrected chi connectivity index (χ2v) is 5.60. The summed E-state index contributed by atoms with van der Waals surface area (Å²) in [5.41, 5.74) is 0.958. The first-order valence-corrected chi connectivity index (χ1v) is 7.43. The first-order chi connectivity index (χ1) is 9.11. The van der Waals surface area contributed by atoms with Gasteiger partial charge in [0.25, 0.3) is 0 Å². The van der Waals surface area contributed by atoms with Crippen molar-refractivity contribution in [2.75, 3.05) is 5.75 Å². The summed E-state index contributed by atoms with van der Waals surface area (Å²) >= 11 is 4.57. The summed E-state index contributed by atoms with van der Waals surface area (Å²) in [7, 11) is 0. The van der Waals surface area contributed by atoms with E-state index in [4.69, 9.17) is 5.11 Å². The van der Waals surface area contributed by atoms with Gasteiger partial charge in [0.1, 0.15) is 0 Å². The smallest absolute Gasteiger partial charge is 0.313 e. The summed E-state index contributed by atoms with van der Waals surface area (Å²) < 4.78 is 2.91. The van der Waals surface area contributed by atoms with Crippen molar-refractivity contribution in [3.63, 3.8) is 0 Å². The van der Waals surface area contributed by atoms with Crippen LogP contribution in [-0.4, -0.2) is 31.6 Å². The van der Waals surface area contributed by atoms with Gasteiger partial charge in [-0.2, -0.15) is 0 Å². The van der Waals surface area contributed by atoms with Gasteiger partial charge in [-0.15, -0.1) is 10.2 Å². The number of halogens is 1. The molecule has 0 spiro atoms. The van der Waals surface area contributed by atoms with Gasteiger partial charge in [-0.25, -0.2) is 0 Å². The number of aliphatic carboxylic acids is 1. The van der Waals surface area contributed by atoms with E-state index in [0.29, 0.717) is 11.7 Å². The van der Waals surface area contributed by atoms with E-state index in [9.17, 15) is 4.79 Å². The molecule has 0 aliphatic carbocycles. The van der Waals surface area contributed by atoms with Crippen LogP contribution in [0.3, 0.4) is 0 Å². The largest absolute Gasteiger partial charge is 0.481 e. The SMILES string of the molecule is CCn1c(SCC(=O)O)nnc1-c1ccc(Br)cc1. The molecule has 5 nitrogen and oxygen atoms in total. The summed E-state index contributed by atoms with van der Waals surface area (Å²) in [6.07, 6.45) is 0. The second kappa shape index (κ2) is 6.21. The van der Waals surface area contributed by atoms with E-state index in [1.165, 1.54) is 11.8 Å². The van der Waals surface area contributed by atoms with Crippen LogP contribution in [0.5, 0.6) is 0 Å². The summed E-state index contributed by atoms with van der Waals surface area (Å²) in [6.45, 7) is 2.68. The van der Waals surface area contributed by atoms with Crippen molar-refractivity contribution < 1.29 is 9.90 Å². The van der Waals surface area contributed by atoms with E-state index in [0.717, 1.165) is 15.9 Å². The third-order valence-corrected chi connectivity index (χ3v) is 3.94. The maximum atomic E-state index is 10.6. The predicted molar refractivity (Wildman–Crippen MR) is 77.2 cm³/mol. The zero-order valence-electron chi connectivity index (χ0n) is 10.2. The predicted octanol–water partition coefficient (Wildman–Crippen LogP) is 2.90. The molecule has 100 valence electrons. The number of rotatable bonds is 5. The summed E-state index contributed by atoms with van der Waals surface area (Å²) in [5.74, 6) is -0.123. The zero-order chi connectivity index (χ0) is 13.8. The fraction of sp³-hybridized carbons (Fsp3) is 0.250. The fourth-order valence-electron chi connectivity index (χ4n) is 1.62. The van der Waals surface area contributed by atoms with Crippen LogP contribution in [0.1, 0.15) is 6.92 Å². The second-order valence-electron chi connectivity index (χ2n) is 3.74. The summed E-state index contributed by atoms with van der Waals surface area (Å²) in [5, 5.41) is 17.5. The highest BCUT2D eigenvalue weighted by molar-refractivity contribution is 9.10. The van der Waals surface area contributed by atoms with E-state index in [2.05, 4.69) is 26.1 Å². The average Bonchev–Trinajstić information content (AvgIpc) is 2.80. The number of carboxylic acids is 1. The molecule has 0 amide bonds. The number of nitrogens with zero attached hydrogens (tertiary/aromatic N) is 3. The molecule has 1 aromatic carbocycles. The third kappa shape index (κ3) is 3.36. The molecule has 2 rings (SSSR count). The van der Waals surface area contributed by atoms with Crippen molar-refractivity contribution in [3.8, 4) is 11.4 Å². The van der Waals surface area contributed by atoms with Gasteiger partial charge in [0, 0.05) is 16.6 Å². The molecule has 1 aromatic heterocycles. The van der Waals surface area contributed by atoms with Crippen molar-refractivity contribution in [2.24, 2.45) is 0 Å². The van der Waals surface area contributed by atoms with Crippen LogP contribution < -0.4 is 0 Å². The minimum absolute atomic E-state index is 0.0154. The molecule has 0 unspecified atom stereocenters. The van der Waals surface area contributed by atoms with Gasteiger partial charge in [0.2, 0.25) is 0 Å². The van der Waals surface area contributed by atoms with Crippen molar-refractivity contribution in [1.82, 2.24) is 14.8 Å². The topological polar surface area (TPSA) is 68.0 Å². The lowest BCUT2D eigenvalue weighted by atomic mass is 10.2. The number of carbonyl (C=O) groups is 1. The maximum Gasteiger partial charge on any atom is 0.313 e. The zero-order valence-corrected chi connectivity index (χ0v) is 12.6. The molecule has 0 saturated heterocycles. The Morgan fingerprint density at radius 2 is 2.05 bits per heavy atom. The molecule has 0 saturated carbocycles. The molecular formula is C12H12BrN3O2S. The standard InChI is InChI=1S/C12H12BrN3O2S/c1-2-16-11(8-3-5-9(13)6-4-8)14-15-12(16)19-7-10(17)18/h3-6H,2,7H2,1H3,(H,17,18). The number of thioether (sulfide) groups is 1. The molecule has 0 aliphatic rings. The van der Waals surface area contributed by atoms with E-state index in [1.54, 1.807) is 0 Å². The Labute approximate surface area is 123 Å². The first-order valence-electron chi connectivity index (χ1n) is 5.65. The molecule has 0 fully saturated rings. The van der Waals surface area contributed by atoms with Crippen molar-refractivity contribution in [2.45, 2.75) is 18.6 Å². The Balaban J connectivity index is 2.31. The van der Waals surface area contributed by atoms with Crippen LogP contribution >= 0.6 is 27.7 Å². The monoisotopic (exact) mass is 341 g/mol. The minimum atomic E-state index is -0.860. The third-order valence-electron chi connectivity index (χ3n) is 2.46. The van der Waals surface area contributed by atoms with Gasteiger partial charge < -0.3 is 9.67 Å². The quantitative estimate of drug-likeness (QED) is 0.847. The van der Waals surface area contributed by atoms with Gasteiger partial charge in [0.15, 0.2) is 11.0 Å².